The monoisotopic (exact) mass is 450 g/mol. The van der Waals surface area contributed by atoms with Gasteiger partial charge in [-0.25, -0.2) is 8.42 Å². The first-order chi connectivity index (χ1) is 14.0. The first kappa shape index (κ1) is 20.2. The van der Waals surface area contributed by atoms with Crippen molar-refractivity contribution in [1.82, 2.24) is 18.4 Å². The molecule has 3 aromatic rings. The van der Waals surface area contributed by atoms with E-state index >= 15 is 0 Å². The Labute approximate surface area is 178 Å². The standard InChI is InChI=1S/C19H19ClN4O3S2/c20-15-5-2-1-4-14(15)12-21-19(25)13-8-10-24(11-9-13)29(26,27)17-7-3-6-16-18(17)23-28-22-16/h1-7,13H,8-12H2,(H,21,25). The zero-order chi connectivity index (χ0) is 20.4. The molecule has 29 heavy (non-hydrogen) atoms. The third kappa shape index (κ3) is 4.13. The van der Waals surface area contributed by atoms with E-state index in [1.807, 2.05) is 18.2 Å². The Morgan fingerprint density at radius 2 is 1.90 bits per heavy atom. The maximum atomic E-state index is 13.1. The first-order valence-electron chi connectivity index (χ1n) is 9.19. The third-order valence-electron chi connectivity index (χ3n) is 5.10. The van der Waals surface area contributed by atoms with Crippen molar-refractivity contribution in [2.24, 2.45) is 5.92 Å². The molecule has 1 aliphatic rings. The number of carbonyl (C=O) groups excluding carboxylic acids is 1. The Bertz CT molecular complexity index is 1140. The van der Waals surface area contributed by atoms with E-state index in [1.54, 1.807) is 24.3 Å². The highest BCUT2D eigenvalue weighted by atomic mass is 35.5. The molecule has 2 aromatic carbocycles. The van der Waals surface area contributed by atoms with Crippen LogP contribution in [0.2, 0.25) is 5.02 Å². The molecule has 0 aliphatic carbocycles. The minimum Gasteiger partial charge on any atom is -0.352 e. The van der Waals surface area contributed by atoms with Crippen molar-refractivity contribution >= 4 is 50.3 Å². The second-order valence-corrected chi connectivity index (χ2v) is 9.72. The van der Waals surface area contributed by atoms with Crippen LogP contribution in [0.5, 0.6) is 0 Å². The highest BCUT2D eigenvalue weighted by Crippen LogP contribution is 2.28. The second kappa shape index (κ2) is 8.35. The summed E-state index contributed by atoms with van der Waals surface area (Å²) in [6.07, 6.45) is 0.942. The normalized spacial score (nSPS) is 16.2. The Morgan fingerprint density at radius 1 is 1.14 bits per heavy atom. The summed E-state index contributed by atoms with van der Waals surface area (Å²) in [7, 11) is -3.68. The van der Waals surface area contributed by atoms with Crippen molar-refractivity contribution in [2.45, 2.75) is 24.3 Å². The Balaban J connectivity index is 1.39. The number of hydrogen-bond acceptors (Lipinski definition) is 6. The Morgan fingerprint density at radius 3 is 2.66 bits per heavy atom. The van der Waals surface area contributed by atoms with Gasteiger partial charge in [0.15, 0.2) is 0 Å². The van der Waals surface area contributed by atoms with Gasteiger partial charge in [-0.2, -0.15) is 13.1 Å². The summed E-state index contributed by atoms with van der Waals surface area (Å²) in [5.74, 6) is -0.298. The Kier molecular flexibility index (Phi) is 5.82. The number of aromatic nitrogens is 2. The number of sulfonamides is 1. The van der Waals surface area contributed by atoms with Gasteiger partial charge < -0.3 is 5.32 Å². The third-order valence-corrected chi connectivity index (χ3v) is 7.94. The maximum absolute atomic E-state index is 13.1. The van der Waals surface area contributed by atoms with Crippen molar-refractivity contribution in [1.29, 1.82) is 0 Å². The van der Waals surface area contributed by atoms with E-state index in [9.17, 15) is 13.2 Å². The van der Waals surface area contributed by atoms with Crippen LogP contribution in [0.4, 0.5) is 0 Å². The lowest BCUT2D eigenvalue weighted by Gasteiger charge is -2.30. The van der Waals surface area contributed by atoms with Gasteiger partial charge in [0.25, 0.3) is 0 Å². The molecule has 0 bridgehead atoms. The number of fused-ring (bicyclic) bond motifs is 1. The summed E-state index contributed by atoms with van der Waals surface area (Å²) >= 11 is 7.11. The van der Waals surface area contributed by atoms with Crippen LogP contribution < -0.4 is 5.32 Å². The lowest BCUT2D eigenvalue weighted by atomic mass is 9.97. The molecule has 0 spiro atoms. The molecule has 0 saturated carbocycles. The van der Waals surface area contributed by atoms with Gasteiger partial charge >= 0.3 is 0 Å². The molecule has 2 heterocycles. The van der Waals surface area contributed by atoms with Crippen LogP contribution in [0, 0.1) is 5.92 Å². The molecule has 7 nitrogen and oxygen atoms in total. The highest BCUT2D eigenvalue weighted by molar-refractivity contribution is 7.89. The minimum atomic E-state index is -3.68. The van der Waals surface area contributed by atoms with Crippen LogP contribution in [-0.4, -0.2) is 40.5 Å². The van der Waals surface area contributed by atoms with Gasteiger partial charge in [0.1, 0.15) is 15.9 Å². The van der Waals surface area contributed by atoms with Gasteiger partial charge in [0.2, 0.25) is 15.9 Å². The molecular weight excluding hydrogens is 432 g/mol. The predicted octanol–water partition coefficient (Wildman–Crippen LogP) is 3.06. The van der Waals surface area contributed by atoms with Crippen molar-refractivity contribution in [3.8, 4) is 0 Å². The summed E-state index contributed by atoms with van der Waals surface area (Å²) < 4.78 is 35.8. The number of halogens is 1. The fraction of sp³-hybridized carbons (Fsp3) is 0.316. The number of rotatable bonds is 5. The molecule has 1 fully saturated rings. The lowest BCUT2D eigenvalue weighted by molar-refractivity contribution is -0.126. The van der Waals surface area contributed by atoms with Crippen LogP contribution in [-0.2, 0) is 21.4 Å². The van der Waals surface area contributed by atoms with Crippen LogP contribution in [0.25, 0.3) is 11.0 Å². The molecule has 1 amide bonds. The van der Waals surface area contributed by atoms with E-state index in [1.165, 1.54) is 4.31 Å². The van der Waals surface area contributed by atoms with Gasteiger partial charge in [-0.15, -0.1) is 0 Å². The largest absolute Gasteiger partial charge is 0.352 e. The lowest BCUT2D eigenvalue weighted by Crippen LogP contribution is -2.42. The van der Waals surface area contributed by atoms with Crippen LogP contribution >= 0.6 is 23.3 Å². The fourth-order valence-corrected chi connectivity index (χ4v) is 5.88. The van der Waals surface area contributed by atoms with Gasteiger partial charge in [0, 0.05) is 30.6 Å². The molecule has 0 atom stereocenters. The summed E-state index contributed by atoms with van der Waals surface area (Å²) in [5, 5.41) is 3.52. The number of nitrogens with zero attached hydrogens (tertiary/aromatic N) is 3. The Hall–Kier alpha value is -2.07. The average molecular weight is 451 g/mol. The van der Waals surface area contributed by atoms with E-state index in [-0.39, 0.29) is 16.7 Å². The predicted molar refractivity (Wildman–Crippen MR) is 112 cm³/mol. The van der Waals surface area contributed by atoms with E-state index < -0.39 is 10.0 Å². The molecule has 152 valence electrons. The van der Waals surface area contributed by atoms with Crippen molar-refractivity contribution in [3.05, 3.63) is 53.1 Å². The topological polar surface area (TPSA) is 92.3 Å². The molecule has 0 unspecified atom stereocenters. The van der Waals surface area contributed by atoms with E-state index in [4.69, 9.17) is 11.6 Å². The summed E-state index contributed by atoms with van der Waals surface area (Å²) in [5.41, 5.74) is 1.83. The van der Waals surface area contributed by atoms with Crippen LogP contribution in [0.1, 0.15) is 18.4 Å². The van der Waals surface area contributed by atoms with Crippen LogP contribution in [0.15, 0.2) is 47.4 Å². The van der Waals surface area contributed by atoms with Gasteiger partial charge in [-0.1, -0.05) is 35.9 Å². The fourth-order valence-electron chi connectivity index (χ4n) is 3.46. The first-order valence-corrected chi connectivity index (χ1v) is 11.7. The van der Waals surface area contributed by atoms with Crippen molar-refractivity contribution < 1.29 is 13.2 Å². The molecule has 1 saturated heterocycles. The molecule has 1 aromatic heterocycles. The molecule has 4 rings (SSSR count). The SMILES string of the molecule is O=C(NCc1ccccc1Cl)C1CCN(S(=O)(=O)c2cccc3nsnc23)CC1. The van der Waals surface area contributed by atoms with Crippen molar-refractivity contribution in [2.75, 3.05) is 13.1 Å². The molecule has 0 radical (unpaired) electrons. The summed E-state index contributed by atoms with van der Waals surface area (Å²) in [4.78, 5) is 12.7. The smallest absolute Gasteiger partial charge is 0.245 e. The number of nitrogens with one attached hydrogen (secondary N) is 1. The van der Waals surface area contributed by atoms with E-state index in [2.05, 4.69) is 14.1 Å². The maximum Gasteiger partial charge on any atom is 0.245 e. The van der Waals surface area contributed by atoms with Gasteiger partial charge in [0.05, 0.1) is 11.7 Å². The average Bonchev–Trinajstić information content (AvgIpc) is 3.22. The van der Waals surface area contributed by atoms with Gasteiger partial charge in [-0.05, 0) is 36.6 Å². The molecule has 1 aliphatic heterocycles. The summed E-state index contributed by atoms with van der Waals surface area (Å²) in [6, 6.07) is 12.3. The quantitative estimate of drug-likeness (QED) is 0.644. The number of benzene rings is 2. The molecule has 1 N–H and O–H groups in total. The van der Waals surface area contributed by atoms with Crippen molar-refractivity contribution in [3.63, 3.8) is 0 Å². The number of piperidine rings is 1. The number of amides is 1. The van der Waals surface area contributed by atoms with Gasteiger partial charge in [-0.3, -0.25) is 4.79 Å². The second-order valence-electron chi connectivity index (χ2n) is 6.88. The highest BCUT2D eigenvalue weighted by Gasteiger charge is 2.33. The zero-order valence-corrected chi connectivity index (χ0v) is 17.8. The van der Waals surface area contributed by atoms with E-state index in [0.29, 0.717) is 48.5 Å². The zero-order valence-electron chi connectivity index (χ0n) is 15.4. The molecular formula is C19H19ClN4O3S2. The molecule has 10 heteroatoms. The van der Waals surface area contributed by atoms with E-state index in [0.717, 1.165) is 17.3 Å². The minimum absolute atomic E-state index is 0.0761. The number of hydrogen-bond donors (Lipinski definition) is 1. The number of carbonyl (C=O) groups is 1. The summed E-state index contributed by atoms with van der Waals surface area (Å²) in [6.45, 7) is 0.941. The van der Waals surface area contributed by atoms with Crippen LogP contribution in [0.3, 0.4) is 0 Å².